The normalized spacial score (nSPS) is 10.2. The van der Waals surface area contributed by atoms with Gasteiger partial charge < -0.3 is 16.4 Å². The van der Waals surface area contributed by atoms with Crippen LogP contribution in [0.25, 0.3) is 0 Å². The van der Waals surface area contributed by atoms with Crippen LogP contribution in [-0.4, -0.2) is 12.0 Å². The van der Waals surface area contributed by atoms with Crippen molar-refractivity contribution in [2.24, 2.45) is 5.73 Å². The van der Waals surface area contributed by atoms with Crippen LogP contribution in [0, 0.1) is 6.92 Å². The summed E-state index contributed by atoms with van der Waals surface area (Å²) in [4.78, 5) is 4.49. The zero-order valence-electron chi connectivity index (χ0n) is 10.7. The lowest BCUT2D eigenvalue weighted by molar-refractivity contribution is 1.07. The third kappa shape index (κ3) is 2.78. The molecule has 4 N–H and O–H groups in total. The van der Waals surface area contributed by atoms with Crippen LogP contribution < -0.4 is 16.4 Å². The molecule has 4 nitrogen and oxygen atoms in total. The van der Waals surface area contributed by atoms with Crippen LogP contribution in [0.4, 0.5) is 17.3 Å². The van der Waals surface area contributed by atoms with E-state index < -0.39 is 0 Å². The van der Waals surface area contributed by atoms with Crippen molar-refractivity contribution in [2.45, 2.75) is 13.5 Å². The van der Waals surface area contributed by atoms with Crippen LogP contribution in [0.5, 0.6) is 0 Å². The monoisotopic (exact) mass is 242 g/mol. The lowest BCUT2D eigenvalue weighted by Crippen LogP contribution is -2.01. The van der Waals surface area contributed by atoms with E-state index in [1.807, 2.05) is 50.4 Å². The van der Waals surface area contributed by atoms with Crippen molar-refractivity contribution in [1.82, 2.24) is 4.98 Å². The van der Waals surface area contributed by atoms with E-state index >= 15 is 0 Å². The minimum absolute atomic E-state index is 0.540. The molecule has 1 aromatic carbocycles. The van der Waals surface area contributed by atoms with Gasteiger partial charge in [0.15, 0.2) is 0 Å². The number of nitrogens with one attached hydrogen (secondary N) is 2. The highest BCUT2D eigenvalue weighted by Crippen LogP contribution is 2.20. The number of benzene rings is 1. The van der Waals surface area contributed by atoms with Gasteiger partial charge in [-0.3, -0.25) is 0 Å². The number of aryl methyl sites for hydroxylation is 1. The molecular formula is C14H18N4. The quantitative estimate of drug-likeness (QED) is 0.771. The third-order valence-corrected chi connectivity index (χ3v) is 2.78. The lowest BCUT2D eigenvalue weighted by Gasteiger charge is -2.11. The summed E-state index contributed by atoms with van der Waals surface area (Å²) in [5.41, 5.74) is 8.84. The first-order valence-electron chi connectivity index (χ1n) is 5.94. The molecule has 1 heterocycles. The SMILES string of the molecule is CNc1ccc(C)c(Nc2cccc(CN)c2)n1. The standard InChI is InChI=1S/C14H18N4/c1-10-6-7-13(16-2)18-14(10)17-12-5-3-4-11(8-12)9-15/h3-8H,9,15H2,1-2H3,(H2,16,17,18). The van der Waals surface area contributed by atoms with Crippen molar-refractivity contribution in [1.29, 1.82) is 0 Å². The van der Waals surface area contributed by atoms with Gasteiger partial charge in [-0.1, -0.05) is 18.2 Å². The van der Waals surface area contributed by atoms with Gasteiger partial charge in [-0.25, -0.2) is 4.98 Å². The maximum atomic E-state index is 5.63. The van der Waals surface area contributed by atoms with Gasteiger partial charge in [0.2, 0.25) is 0 Å². The Hall–Kier alpha value is -2.07. The van der Waals surface area contributed by atoms with E-state index in [0.29, 0.717) is 6.54 Å². The van der Waals surface area contributed by atoms with Crippen molar-refractivity contribution in [2.75, 3.05) is 17.7 Å². The number of rotatable bonds is 4. The molecule has 0 radical (unpaired) electrons. The molecule has 0 amide bonds. The summed E-state index contributed by atoms with van der Waals surface area (Å²) >= 11 is 0. The topological polar surface area (TPSA) is 63.0 Å². The fourth-order valence-corrected chi connectivity index (χ4v) is 1.71. The van der Waals surface area contributed by atoms with Gasteiger partial charge in [0.05, 0.1) is 0 Å². The first-order valence-corrected chi connectivity index (χ1v) is 5.94. The maximum Gasteiger partial charge on any atom is 0.135 e. The van der Waals surface area contributed by atoms with Crippen LogP contribution in [0.3, 0.4) is 0 Å². The van der Waals surface area contributed by atoms with Crippen molar-refractivity contribution < 1.29 is 0 Å². The highest BCUT2D eigenvalue weighted by atomic mass is 15.1. The second-order valence-electron chi connectivity index (χ2n) is 4.14. The molecule has 0 fully saturated rings. The first-order chi connectivity index (χ1) is 8.72. The summed E-state index contributed by atoms with van der Waals surface area (Å²) in [5, 5.41) is 6.35. The number of hydrogen-bond donors (Lipinski definition) is 3. The van der Waals surface area contributed by atoms with Crippen molar-refractivity contribution in [3.05, 3.63) is 47.5 Å². The largest absolute Gasteiger partial charge is 0.373 e. The molecule has 4 heteroatoms. The molecule has 2 rings (SSSR count). The molecular weight excluding hydrogens is 224 g/mol. The van der Waals surface area contributed by atoms with Crippen LogP contribution in [0.2, 0.25) is 0 Å². The van der Waals surface area contributed by atoms with Gasteiger partial charge in [0.1, 0.15) is 11.6 Å². The van der Waals surface area contributed by atoms with E-state index in [0.717, 1.165) is 28.5 Å². The minimum Gasteiger partial charge on any atom is -0.373 e. The molecule has 0 bridgehead atoms. The molecule has 2 aromatic rings. The summed E-state index contributed by atoms with van der Waals surface area (Å²) in [5.74, 6) is 1.70. The maximum absolute atomic E-state index is 5.63. The number of nitrogens with two attached hydrogens (primary N) is 1. The van der Waals surface area contributed by atoms with Crippen molar-refractivity contribution in [3.63, 3.8) is 0 Å². The van der Waals surface area contributed by atoms with Gasteiger partial charge in [-0.05, 0) is 36.2 Å². The fraction of sp³-hybridized carbons (Fsp3) is 0.214. The van der Waals surface area contributed by atoms with E-state index in [9.17, 15) is 0 Å². The van der Waals surface area contributed by atoms with E-state index in [4.69, 9.17) is 5.73 Å². The van der Waals surface area contributed by atoms with Gasteiger partial charge in [0, 0.05) is 19.3 Å². The lowest BCUT2D eigenvalue weighted by atomic mass is 10.2. The number of pyridine rings is 1. The van der Waals surface area contributed by atoms with Gasteiger partial charge in [0.25, 0.3) is 0 Å². The van der Waals surface area contributed by atoms with Crippen LogP contribution in [-0.2, 0) is 6.54 Å². The predicted molar refractivity (Wildman–Crippen MR) is 76.1 cm³/mol. The molecule has 0 aliphatic carbocycles. The molecule has 1 aromatic heterocycles. The molecule has 0 unspecified atom stereocenters. The van der Waals surface area contributed by atoms with E-state index in [1.165, 1.54) is 0 Å². The van der Waals surface area contributed by atoms with Crippen LogP contribution in [0.1, 0.15) is 11.1 Å². The Morgan fingerprint density at radius 1 is 1.22 bits per heavy atom. The number of aromatic nitrogens is 1. The molecule has 0 aliphatic rings. The Balaban J connectivity index is 2.27. The van der Waals surface area contributed by atoms with Gasteiger partial charge in [-0.2, -0.15) is 0 Å². The van der Waals surface area contributed by atoms with Crippen LogP contribution in [0.15, 0.2) is 36.4 Å². The summed E-state index contributed by atoms with van der Waals surface area (Å²) in [6, 6.07) is 12.0. The Kier molecular flexibility index (Phi) is 3.79. The minimum atomic E-state index is 0.540. The molecule has 0 saturated heterocycles. The van der Waals surface area contributed by atoms with E-state index in [2.05, 4.69) is 15.6 Å². The second kappa shape index (κ2) is 5.51. The predicted octanol–water partition coefficient (Wildman–Crippen LogP) is 2.63. The second-order valence-corrected chi connectivity index (χ2v) is 4.14. The number of nitrogens with zero attached hydrogens (tertiary/aromatic N) is 1. The molecule has 0 aliphatic heterocycles. The Labute approximate surface area is 107 Å². The molecule has 0 spiro atoms. The average Bonchev–Trinajstić information content (AvgIpc) is 2.41. The molecule has 18 heavy (non-hydrogen) atoms. The van der Waals surface area contributed by atoms with E-state index in [1.54, 1.807) is 0 Å². The highest BCUT2D eigenvalue weighted by molar-refractivity contribution is 5.61. The summed E-state index contributed by atoms with van der Waals surface area (Å²) in [7, 11) is 1.86. The number of anilines is 3. The Bertz CT molecular complexity index is 537. The summed E-state index contributed by atoms with van der Waals surface area (Å²) in [6.07, 6.45) is 0. The van der Waals surface area contributed by atoms with Gasteiger partial charge in [-0.15, -0.1) is 0 Å². The fourth-order valence-electron chi connectivity index (χ4n) is 1.71. The third-order valence-electron chi connectivity index (χ3n) is 2.78. The van der Waals surface area contributed by atoms with Crippen molar-refractivity contribution in [3.8, 4) is 0 Å². The average molecular weight is 242 g/mol. The number of hydrogen-bond acceptors (Lipinski definition) is 4. The molecule has 0 saturated carbocycles. The summed E-state index contributed by atoms with van der Waals surface area (Å²) < 4.78 is 0. The van der Waals surface area contributed by atoms with Crippen molar-refractivity contribution >= 4 is 17.3 Å². The Morgan fingerprint density at radius 3 is 2.78 bits per heavy atom. The zero-order valence-corrected chi connectivity index (χ0v) is 10.7. The van der Waals surface area contributed by atoms with Gasteiger partial charge >= 0.3 is 0 Å². The molecule has 0 atom stereocenters. The first kappa shape index (κ1) is 12.4. The smallest absolute Gasteiger partial charge is 0.135 e. The molecule has 94 valence electrons. The van der Waals surface area contributed by atoms with E-state index in [-0.39, 0.29) is 0 Å². The summed E-state index contributed by atoms with van der Waals surface area (Å²) in [6.45, 7) is 2.57. The zero-order chi connectivity index (χ0) is 13.0. The highest BCUT2D eigenvalue weighted by Gasteiger charge is 2.02. The van der Waals surface area contributed by atoms with Crippen LogP contribution >= 0.6 is 0 Å². The Morgan fingerprint density at radius 2 is 2.06 bits per heavy atom.